The zero-order chi connectivity index (χ0) is 13.0. The minimum Gasteiger partial charge on any atom is -0.384 e. The molecule has 1 aromatic heterocycles. The fourth-order valence-corrected chi connectivity index (χ4v) is 2.55. The lowest BCUT2D eigenvalue weighted by molar-refractivity contribution is 0.0686. The van der Waals surface area contributed by atoms with E-state index in [1.165, 1.54) is 12.8 Å². The standard InChI is InChI=1S/C14H21N3O/c1-2-3-11-6-8-17(9-7-11)14(18)12-4-5-13(15)16-10-12/h4-5,10-11H,2-3,6-9H2,1H3,(H2,15,16). The highest BCUT2D eigenvalue weighted by Crippen LogP contribution is 2.22. The second-order valence-electron chi connectivity index (χ2n) is 5.00. The molecule has 1 aliphatic heterocycles. The van der Waals surface area contributed by atoms with Crippen molar-refractivity contribution in [3.8, 4) is 0 Å². The van der Waals surface area contributed by atoms with Crippen molar-refractivity contribution in [1.29, 1.82) is 0 Å². The summed E-state index contributed by atoms with van der Waals surface area (Å²) in [4.78, 5) is 18.1. The number of carbonyl (C=O) groups is 1. The fourth-order valence-electron chi connectivity index (χ4n) is 2.55. The Morgan fingerprint density at radius 1 is 1.44 bits per heavy atom. The third-order valence-corrected chi connectivity index (χ3v) is 3.63. The SMILES string of the molecule is CCCC1CCN(C(=O)c2ccc(N)nc2)CC1. The Morgan fingerprint density at radius 3 is 2.72 bits per heavy atom. The van der Waals surface area contributed by atoms with Crippen LogP contribution in [0.1, 0.15) is 43.0 Å². The number of amides is 1. The number of piperidine rings is 1. The second kappa shape index (κ2) is 5.85. The van der Waals surface area contributed by atoms with Crippen molar-refractivity contribution >= 4 is 11.7 Å². The molecule has 98 valence electrons. The predicted octanol–water partition coefficient (Wildman–Crippen LogP) is 2.32. The van der Waals surface area contributed by atoms with Gasteiger partial charge in [-0.1, -0.05) is 19.8 Å². The minimum absolute atomic E-state index is 0.0810. The number of carbonyl (C=O) groups excluding carboxylic acids is 1. The van der Waals surface area contributed by atoms with Gasteiger partial charge in [0.15, 0.2) is 0 Å². The highest BCUT2D eigenvalue weighted by molar-refractivity contribution is 5.94. The van der Waals surface area contributed by atoms with E-state index >= 15 is 0 Å². The molecular formula is C14H21N3O. The van der Waals surface area contributed by atoms with E-state index < -0.39 is 0 Å². The van der Waals surface area contributed by atoms with Crippen LogP contribution in [-0.4, -0.2) is 28.9 Å². The van der Waals surface area contributed by atoms with Gasteiger partial charge in [-0.3, -0.25) is 4.79 Å². The molecule has 1 fully saturated rings. The number of pyridine rings is 1. The highest BCUT2D eigenvalue weighted by atomic mass is 16.2. The van der Waals surface area contributed by atoms with Gasteiger partial charge in [-0.05, 0) is 30.9 Å². The number of aromatic nitrogens is 1. The number of nitrogens with two attached hydrogens (primary N) is 1. The van der Waals surface area contributed by atoms with E-state index in [1.807, 2.05) is 4.90 Å². The number of likely N-dealkylation sites (tertiary alicyclic amines) is 1. The van der Waals surface area contributed by atoms with Crippen LogP contribution in [0.25, 0.3) is 0 Å². The first kappa shape index (κ1) is 12.9. The van der Waals surface area contributed by atoms with Crippen LogP contribution < -0.4 is 5.73 Å². The topological polar surface area (TPSA) is 59.2 Å². The molecule has 2 rings (SSSR count). The molecule has 0 atom stereocenters. The van der Waals surface area contributed by atoms with Crippen molar-refractivity contribution in [2.45, 2.75) is 32.6 Å². The van der Waals surface area contributed by atoms with E-state index in [2.05, 4.69) is 11.9 Å². The Bertz CT molecular complexity index is 394. The largest absolute Gasteiger partial charge is 0.384 e. The van der Waals surface area contributed by atoms with E-state index in [9.17, 15) is 4.79 Å². The van der Waals surface area contributed by atoms with E-state index in [4.69, 9.17) is 5.73 Å². The molecule has 0 spiro atoms. The summed E-state index contributed by atoms with van der Waals surface area (Å²) < 4.78 is 0. The Morgan fingerprint density at radius 2 is 2.17 bits per heavy atom. The molecule has 0 saturated carbocycles. The lowest BCUT2D eigenvalue weighted by atomic mass is 9.92. The van der Waals surface area contributed by atoms with Gasteiger partial charge in [0.05, 0.1) is 5.56 Å². The third kappa shape index (κ3) is 3.00. The zero-order valence-electron chi connectivity index (χ0n) is 10.9. The van der Waals surface area contributed by atoms with Gasteiger partial charge in [0.1, 0.15) is 5.82 Å². The van der Waals surface area contributed by atoms with Crippen LogP contribution in [-0.2, 0) is 0 Å². The van der Waals surface area contributed by atoms with Crippen LogP contribution in [0.4, 0.5) is 5.82 Å². The van der Waals surface area contributed by atoms with E-state index in [-0.39, 0.29) is 5.91 Å². The maximum absolute atomic E-state index is 12.2. The Labute approximate surface area is 108 Å². The summed E-state index contributed by atoms with van der Waals surface area (Å²) in [6, 6.07) is 3.43. The van der Waals surface area contributed by atoms with Gasteiger partial charge < -0.3 is 10.6 Å². The van der Waals surface area contributed by atoms with Crippen molar-refractivity contribution in [2.75, 3.05) is 18.8 Å². The lowest BCUT2D eigenvalue weighted by Gasteiger charge is -2.31. The van der Waals surface area contributed by atoms with Crippen LogP contribution in [0.2, 0.25) is 0 Å². The van der Waals surface area contributed by atoms with Crippen LogP contribution in [0.3, 0.4) is 0 Å². The van der Waals surface area contributed by atoms with Gasteiger partial charge in [0.25, 0.3) is 5.91 Å². The van der Waals surface area contributed by atoms with E-state index in [0.717, 1.165) is 31.8 Å². The quantitative estimate of drug-likeness (QED) is 0.891. The average Bonchev–Trinajstić information content (AvgIpc) is 2.40. The maximum atomic E-state index is 12.2. The van der Waals surface area contributed by atoms with Crippen molar-refractivity contribution in [1.82, 2.24) is 9.88 Å². The molecule has 18 heavy (non-hydrogen) atoms. The first-order valence-electron chi connectivity index (χ1n) is 6.71. The maximum Gasteiger partial charge on any atom is 0.255 e. The van der Waals surface area contributed by atoms with Gasteiger partial charge in [-0.2, -0.15) is 0 Å². The van der Waals surface area contributed by atoms with Crippen LogP contribution >= 0.6 is 0 Å². The molecule has 0 radical (unpaired) electrons. The fraction of sp³-hybridized carbons (Fsp3) is 0.571. The molecule has 0 aromatic carbocycles. The summed E-state index contributed by atoms with van der Waals surface area (Å²) in [6.07, 6.45) is 6.34. The molecule has 1 aliphatic rings. The number of anilines is 1. The molecule has 4 heteroatoms. The molecule has 4 nitrogen and oxygen atoms in total. The second-order valence-corrected chi connectivity index (χ2v) is 5.00. The van der Waals surface area contributed by atoms with Crippen LogP contribution in [0.15, 0.2) is 18.3 Å². The van der Waals surface area contributed by atoms with Gasteiger partial charge in [-0.15, -0.1) is 0 Å². The number of hydrogen-bond acceptors (Lipinski definition) is 3. The molecule has 0 aliphatic carbocycles. The summed E-state index contributed by atoms with van der Waals surface area (Å²) >= 11 is 0. The van der Waals surface area contributed by atoms with Crippen molar-refractivity contribution < 1.29 is 4.79 Å². The van der Waals surface area contributed by atoms with Gasteiger partial charge in [0, 0.05) is 19.3 Å². The molecule has 1 aromatic rings. The number of hydrogen-bond donors (Lipinski definition) is 1. The van der Waals surface area contributed by atoms with E-state index in [1.54, 1.807) is 18.3 Å². The Balaban J connectivity index is 1.93. The average molecular weight is 247 g/mol. The molecular weight excluding hydrogens is 226 g/mol. The molecule has 1 saturated heterocycles. The van der Waals surface area contributed by atoms with Crippen LogP contribution in [0, 0.1) is 5.92 Å². The normalized spacial score (nSPS) is 16.8. The molecule has 1 amide bonds. The monoisotopic (exact) mass is 247 g/mol. The van der Waals surface area contributed by atoms with Crippen LogP contribution in [0.5, 0.6) is 0 Å². The summed E-state index contributed by atoms with van der Waals surface area (Å²) in [5.74, 6) is 1.33. The molecule has 0 unspecified atom stereocenters. The number of nitrogen functional groups attached to an aromatic ring is 1. The van der Waals surface area contributed by atoms with Gasteiger partial charge >= 0.3 is 0 Å². The predicted molar refractivity (Wildman–Crippen MR) is 72.2 cm³/mol. The van der Waals surface area contributed by atoms with Crippen molar-refractivity contribution in [2.24, 2.45) is 5.92 Å². The van der Waals surface area contributed by atoms with E-state index in [0.29, 0.717) is 11.4 Å². The zero-order valence-corrected chi connectivity index (χ0v) is 10.9. The smallest absolute Gasteiger partial charge is 0.255 e. The van der Waals surface area contributed by atoms with Crippen molar-refractivity contribution in [3.05, 3.63) is 23.9 Å². The number of rotatable bonds is 3. The Kier molecular flexibility index (Phi) is 4.18. The third-order valence-electron chi connectivity index (χ3n) is 3.63. The minimum atomic E-state index is 0.0810. The first-order chi connectivity index (χ1) is 8.70. The molecule has 2 N–H and O–H groups in total. The Hall–Kier alpha value is -1.58. The van der Waals surface area contributed by atoms with Gasteiger partial charge in [0.2, 0.25) is 0 Å². The van der Waals surface area contributed by atoms with Crippen molar-refractivity contribution in [3.63, 3.8) is 0 Å². The lowest BCUT2D eigenvalue weighted by Crippen LogP contribution is -2.38. The molecule has 2 heterocycles. The highest BCUT2D eigenvalue weighted by Gasteiger charge is 2.23. The summed E-state index contributed by atoms with van der Waals surface area (Å²) in [7, 11) is 0. The molecule has 0 bridgehead atoms. The van der Waals surface area contributed by atoms with Gasteiger partial charge in [-0.25, -0.2) is 4.98 Å². The summed E-state index contributed by atoms with van der Waals surface area (Å²) in [5.41, 5.74) is 6.16. The first-order valence-corrected chi connectivity index (χ1v) is 6.71. The number of nitrogens with zero attached hydrogens (tertiary/aromatic N) is 2. The summed E-state index contributed by atoms with van der Waals surface area (Å²) in [6.45, 7) is 3.96. The summed E-state index contributed by atoms with van der Waals surface area (Å²) in [5, 5.41) is 0.